The van der Waals surface area contributed by atoms with Gasteiger partial charge in [0.2, 0.25) is 11.8 Å². The average Bonchev–Trinajstić information content (AvgIpc) is 3.52. The van der Waals surface area contributed by atoms with Gasteiger partial charge in [-0.1, -0.05) is 24.3 Å². The third-order valence-electron chi connectivity index (χ3n) is 11.3. The molecule has 3 unspecified atom stereocenters. The predicted octanol–water partition coefficient (Wildman–Crippen LogP) is 5.57. The van der Waals surface area contributed by atoms with Crippen LogP contribution in [-0.2, 0) is 16.1 Å². The SMILES string of the molecule is N=C/C(=C\NC1CCN(c2cccc(NC3CCCC(Nc4cccc5c4CN(C4CCC(=O)NC4=O)C5=O)C3)c2)CC1)C1=Nc2ccccc2NC1. The molecule has 3 aromatic carbocycles. The molecule has 2 saturated heterocycles. The Morgan fingerprint density at radius 1 is 0.887 bits per heavy atom. The minimum Gasteiger partial charge on any atom is -0.387 e. The van der Waals surface area contributed by atoms with Crippen LogP contribution in [0.5, 0.6) is 0 Å². The number of rotatable bonds is 10. The quantitative estimate of drug-likeness (QED) is 0.118. The minimum absolute atomic E-state index is 0.148. The molecule has 3 fully saturated rings. The molecule has 0 spiro atoms. The maximum atomic E-state index is 13.3. The van der Waals surface area contributed by atoms with Gasteiger partial charge in [-0.15, -0.1) is 0 Å². The van der Waals surface area contributed by atoms with Gasteiger partial charge < -0.3 is 36.5 Å². The maximum Gasteiger partial charge on any atom is 0.255 e. The van der Waals surface area contributed by atoms with E-state index in [1.807, 2.05) is 48.7 Å². The van der Waals surface area contributed by atoms with Crippen LogP contribution in [0, 0.1) is 5.41 Å². The van der Waals surface area contributed by atoms with Gasteiger partial charge in [-0.05, 0) is 87.4 Å². The number of aliphatic imine (C=N–C) groups is 1. The first-order valence-electron chi connectivity index (χ1n) is 18.9. The molecule has 53 heavy (non-hydrogen) atoms. The molecule has 0 aromatic heterocycles. The van der Waals surface area contributed by atoms with E-state index in [1.54, 1.807) is 4.90 Å². The number of hydrogen-bond acceptors (Lipinski definition) is 10. The van der Waals surface area contributed by atoms with E-state index in [0.717, 1.165) is 91.2 Å². The van der Waals surface area contributed by atoms with Crippen LogP contribution in [0.3, 0.4) is 0 Å². The van der Waals surface area contributed by atoms with Gasteiger partial charge in [0.1, 0.15) is 6.04 Å². The molecule has 6 N–H and O–H groups in total. The second-order valence-electron chi connectivity index (χ2n) is 14.7. The van der Waals surface area contributed by atoms with Crippen LogP contribution < -0.4 is 31.5 Å². The Morgan fingerprint density at radius 2 is 1.70 bits per heavy atom. The molecule has 12 nitrogen and oxygen atoms in total. The predicted molar refractivity (Wildman–Crippen MR) is 209 cm³/mol. The number of imide groups is 1. The van der Waals surface area contributed by atoms with Crippen molar-refractivity contribution in [3.05, 3.63) is 89.6 Å². The number of nitrogens with one attached hydrogen (secondary N) is 6. The highest BCUT2D eigenvalue weighted by Gasteiger charge is 2.40. The summed E-state index contributed by atoms with van der Waals surface area (Å²) in [7, 11) is 0. The van der Waals surface area contributed by atoms with Gasteiger partial charge in [-0.2, -0.15) is 0 Å². The Labute approximate surface area is 310 Å². The Hall–Kier alpha value is -5.65. The summed E-state index contributed by atoms with van der Waals surface area (Å²) in [6, 6.07) is 22.8. The average molecular weight is 714 g/mol. The first-order chi connectivity index (χ1) is 25.9. The van der Waals surface area contributed by atoms with Gasteiger partial charge in [0.05, 0.1) is 23.6 Å². The van der Waals surface area contributed by atoms with E-state index in [4.69, 9.17) is 10.4 Å². The fourth-order valence-electron chi connectivity index (χ4n) is 8.39. The molecule has 0 bridgehead atoms. The maximum absolute atomic E-state index is 13.3. The molecule has 12 heteroatoms. The van der Waals surface area contributed by atoms with E-state index in [2.05, 4.69) is 55.7 Å². The highest BCUT2D eigenvalue weighted by atomic mass is 16.2. The summed E-state index contributed by atoms with van der Waals surface area (Å²) in [5.41, 5.74) is 8.45. The van der Waals surface area contributed by atoms with Gasteiger partial charge >= 0.3 is 0 Å². The molecule has 1 aliphatic carbocycles. The van der Waals surface area contributed by atoms with Crippen molar-refractivity contribution in [3.63, 3.8) is 0 Å². The van der Waals surface area contributed by atoms with Crippen LogP contribution in [0.4, 0.5) is 28.4 Å². The topological polar surface area (TPSA) is 154 Å². The number of hydrogen-bond donors (Lipinski definition) is 6. The van der Waals surface area contributed by atoms with Crippen LogP contribution in [-0.4, -0.2) is 78.3 Å². The number of anilines is 4. The highest BCUT2D eigenvalue weighted by molar-refractivity contribution is 6.19. The smallest absolute Gasteiger partial charge is 0.255 e. The van der Waals surface area contributed by atoms with Gasteiger partial charge in [0.25, 0.3) is 5.91 Å². The van der Waals surface area contributed by atoms with Crippen LogP contribution in [0.15, 0.2) is 83.5 Å². The summed E-state index contributed by atoms with van der Waals surface area (Å²) in [4.78, 5) is 46.4. The Kier molecular flexibility index (Phi) is 9.84. The summed E-state index contributed by atoms with van der Waals surface area (Å²) >= 11 is 0. The number of piperidine rings is 2. The molecule has 1 saturated carbocycles. The fraction of sp³-hybridized carbons (Fsp3) is 0.390. The van der Waals surface area contributed by atoms with Crippen LogP contribution in [0.1, 0.15) is 67.3 Å². The summed E-state index contributed by atoms with van der Waals surface area (Å²) in [6.07, 6.45) is 10.1. The van der Waals surface area contributed by atoms with E-state index in [1.165, 1.54) is 11.9 Å². The number of para-hydroxylation sites is 2. The zero-order valence-electron chi connectivity index (χ0n) is 29.9. The van der Waals surface area contributed by atoms with Crippen molar-refractivity contribution in [2.24, 2.45) is 4.99 Å². The van der Waals surface area contributed by atoms with Crippen LogP contribution >= 0.6 is 0 Å². The Balaban J connectivity index is 0.843. The number of amides is 3. The van der Waals surface area contributed by atoms with Crippen molar-refractivity contribution in [1.82, 2.24) is 15.5 Å². The molecule has 8 rings (SSSR count). The molecule has 4 aliphatic heterocycles. The van der Waals surface area contributed by atoms with Gasteiger partial charge in [-0.25, -0.2) is 4.99 Å². The number of nitrogens with zero attached hydrogens (tertiary/aromatic N) is 3. The lowest BCUT2D eigenvalue weighted by Gasteiger charge is -2.35. The van der Waals surface area contributed by atoms with Crippen LogP contribution in [0.2, 0.25) is 0 Å². The second-order valence-corrected chi connectivity index (χ2v) is 14.7. The molecule has 274 valence electrons. The molecule has 5 aliphatic rings. The molecular weight excluding hydrogens is 667 g/mol. The van der Waals surface area contributed by atoms with E-state index in [-0.39, 0.29) is 30.2 Å². The monoisotopic (exact) mass is 713 g/mol. The molecule has 0 radical (unpaired) electrons. The zero-order valence-corrected chi connectivity index (χ0v) is 29.9. The van der Waals surface area contributed by atoms with E-state index in [9.17, 15) is 14.4 Å². The van der Waals surface area contributed by atoms with Crippen molar-refractivity contribution in [2.45, 2.75) is 82.1 Å². The number of carbonyl (C=O) groups excluding carboxylic acids is 3. The van der Waals surface area contributed by atoms with E-state index >= 15 is 0 Å². The molecule has 3 atom stereocenters. The normalized spacial score (nSPS) is 23.3. The molecule has 4 heterocycles. The number of fused-ring (bicyclic) bond motifs is 2. The highest BCUT2D eigenvalue weighted by Crippen LogP contribution is 2.35. The lowest BCUT2D eigenvalue weighted by molar-refractivity contribution is -0.136. The first-order valence-corrected chi connectivity index (χ1v) is 18.9. The minimum atomic E-state index is -0.620. The lowest BCUT2D eigenvalue weighted by atomic mass is 9.90. The lowest BCUT2D eigenvalue weighted by Crippen LogP contribution is -2.52. The largest absolute Gasteiger partial charge is 0.387 e. The van der Waals surface area contributed by atoms with E-state index < -0.39 is 6.04 Å². The van der Waals surface area contributed by atoms with Gasteiger partial charge in [0, 0.05) is 90.4 Å². The second kappa shape index (κ2) is 15.1. The molecule has 3 aromatic rings. The van der Waals surface area contributed by atoms with Crippen molar-refractivity contribution in [3.8, 4) is 0 Å². The molecule has 3 amide bonds. The van der Waals surface area contributed by atoms with Crippen molar-refractivity contribution < 1.29 is 14.4 Å². The van der Waals surface area contributed by atoms with Crippen molar-refractivity contribution in [2.75, 3.05) is 40.5 Å². The van der Waals surface area contributed by atoms with E-state index in [0.29, 0.717) is 37.2 Å². The third-order valence-corrected chi connectivity index (χ3v) is 11.3. The standard InChI is InChI=1S/C41H47N9O3/c42-22-26(37-24-44-35-11-1-2-12-36(35)47-37)23-43-27-16-18-49(19-17-27)31-9-4-8-30(21-31)45-28-6-3-7-29(20-28)46-34-13-5-10-32-33(34)25-50(41(32)53)38-14-15-39(51)48-40(38)52/h1-2,4-5,8-13,21-23,27-29,38,42-46H,3,6-7,14-20,24-25H2,(H,48,51,52)/b26-23+,42-22?. The van der Waals surface area contributed by atoms with Crippen molar-refractivity contribution >= 4 is 58.1 Å². The zero-order chi connectivity index (χ0) is 36.3. The number of carbonyl (C=O) groups is 3. The Morgan fingerprint density at radius 3 is 2.53 bits per heavy atom. The summed E-state index contributed by atoms with van der Waals surface area (Å²) in [6.45, 7) is 2.86. The first kappa shape index (κ1) is 34.4. The summed E-state index contributed by atoms with van der Waals surface area (Å²) in [5, 5.41) is 25.0. The molecular formula is C41H47N9O3. The number of benzene rings is 3. The third kappa shape index (κ3) is 7.49. The Bertz CT molecular complexity index is 1970. The van der Waals surface area contributed by atoms with Gasteiger partial charge in [-0.3, -0.25) is 19.7 Å². The fourth-order valence-corrected chi connectivity index (χ4v) is 8.39. The van der Waals surface area contributed by atoms with Gasteiger partial charge in [0.15, 0.2) is 0 Å². The summed E-state index contributed by atoms with van der Waals surface area (Å²) in [5.74, 6) is -0.816. The summed E-state index contributed by atoms with van der Waals surface area (Å²) < 4.78 is 0. The van der Waals surface area contributed by atoms with Crippen LogP contribution in [0.25, 0.3) is 0 Å². The van der Waals surface area contributed by atoms with Crippen molar-refractivity contribution in [1.29, 1.82) is 5.41 Å².